The van der Waals surface area contributed by atoms with Gasteiger partial charge in [-0.05, 0) is 6.92 Å². The standard InChI is InChI=1S/C8H8N2OS/c1-5-7-6(3-12-5)9-4-10(2)8(7)11/h3-4H,1-2H3. The number of aryl methyl sites for hydroxylation is 2. The highest BCUT2D eigenvalue weighted by Crippen LogP contribution is 2.18. The zero-order valence-electron chi connectivity index (χ0n) is 6.87. The summed E-state index contributed by atoms with van der Waals surface area (Å²) in [5.41, 5.74) is 0.847. The Labute approximate surface area is 73.3 Å². The Kier molecular flexibility index (Phi) is 1.51. The quantitative estimate of drug-likeness (QED) is 0.612. The van der Waals surface area contributed by atoms with Crippen molar-refractivity contribution in [2.75, 3.05) is 0 Å². The van der Waals surface area contributed by atoms with Crippen LogP contribution in [-0.2, 0) is 7.05 Å². The summed E-state index contributed by atoms with van der Waals surface area (Å²) in [6.07, 6.45) is 1.55. The van der Waals surface area contributed by atoms with E-state index in [0.717, 1.165) is 15.8 Å². The number of hydrogen-bond donors (Lipinski definition) is 0. The molecule has 0 bridgehead atoms. The first-order valence-corrected chi connectivity index (χ1v) is 4.47. The highest BCUT2D eigenvalue weighted by Gasteiger charge is 2.05. The van der Waals surface area contributed by atoms with Gasteiger partial charge in [-0.3, -0.25) is 4.79 Å². The number of rotatable bonds is 0. The maximum atomic E-state index is 11.5. The maximum absolute atomic E-state index is 11.5. The molecule has 0 atom stereocenters. The van der Waals surface area contributed by atoms with Crippen LogP contribution >= 0.6 is 11.3 Å². The Balaban J connectivity index is 3.06. The fourth-order valence-electron chi connectivity index (χ4n) is 1.18. The lowest BCUT2D eigenvalue weighted by molar-refractivity contribution is 0.843. The molecule has 0 amide bonds. The van der Waals surface area contributed by atoms with E-state index in [1.165, 1.54) is 4.57 Å². The van der Waals surface area contributed by atoms with Crippen LogP contribution in [0, 0.1) is 6.92 Å². The first kappa shape index (κ1) is 7.49. The first-order chi connectivity index (χ1) is 5.70. The summed E-state index contributed by atoms with van der Waals surface area (Å²) in [5, 5.41) is 2.66. The molecule has 2 aromatic heterocycles. The fourth-order valence-corrected chi connectivity index (χ4v) is 1.95. The van der Waals surface area contributed by atoms with E-state index in [4.69, 9.17) is 0 Å². The molecule has 0 saturated heterocycles. The molecule has 0 aromatic carbocycles. The molecule has 0 radical (unpaired) electrons. The summed E-state index contributed by atoms with van der Waals surface area (Å²) in [6, 6.07) is 0. The number of thiophene rings is 1. The number of hydrogen-bond acceptors (Lipinski definition) is 3. The van der Waals surface area contributed by atoms with Crippen LogP contribution in [-0.4, -0.2) is 9.55 Å². The van der Waals surface area contributed by atoms with Crippen molar-refractivity contribution >= 4 is 22.2 Å². The molecule has 12 heavy (non-hydrogen) atoms. The minimum Gasteiger partial charge on any atom is -0.302 e. The topological polar surface area (TPSA) is 34.9 Å². The van der Waals surface area contributed by atoms with Crippen molar-refractivity contribution in [2.45, 2.75) is 6.92 Å². The maximum Gasteiger partial charge on any atom is 0.262 e. The first-order valence-electron chi connectivity index (χ1n) is 3.59. The molecule has 0 aliphatic rings. The Morgan fingerprint density at radius 3 is 3.08 bits per heavy atom. The van der Waals surface area contributed by atoms with Crippen molar-refractivity contribution in [3.8, 4) is 0 Å². The van der Waals surface area contributed by atoms with Crippen LogP contribution in [0.15, 0.2) is 16.5 Å². The monoisotopic (exact) mass is 180 g/mol. The summed E-state index contributed by atoms with van der Waals surface area (Å²) >= 11 is 1.56. The van der Waals surface area contributed by atoms with Crippen molar-refractivity contribution < 1.29 is 0 Å². The molecule has 3 nitrogen and oxygen atoms in total. The molecule has 0 fully saturated rings. The Bertz CT molecular complexity index is 483. The van der Waals surface area contributed by atoms with E-state index in [1.54, 1.807) is 24.7 Å². The van der Waals surface area contributed by atoms with E-state index in [0.29, 0.717) is 0 Å². The summed E-state index contributed by atoms with van der Waals surface area (Å²) < 4.78 is 1.50. The molecule has 0 aliphatic heterocycles. The molecular weight excluding hydrogens is 172 g/mol. The Morgan fingerprint density at radius 2 is 2.33 bits per heavy atom. The average molecular weight is 180 g/mol. The summed E-state index contributed by atoms with van der Waals surface area (Å²) in [5.74, 6) is 0. The molecule has 2 rings (SSSR count). The van der Waals surface area contributed by atoms with E-state index in [2.05, 4.69) is 4.98 Å². The third kappa shape index (κ3) is 0.881. The molecule has 62 valence electrons. The lowest BCUT2D eigenvalue weighted by Gasteiger charge is -1.95. The van der Waals surface area contributed by atoms with Gasteiger partial charge in [-0.15, -0.1) is 11.3 Å². The van der Waals surface area contributed by atoms with E-state index in [1.807, 2.05) is 12.3 Å². The van der Waals surface area contributed by atoms with Crippen LogP contribution in [0.5, 0.6) is 0 Å². The van der Waals surface area contributed by atoms with Gasteiger partial charge in [-0.1, -0.05) is 0 Å². The van der Waals surface area contributed by atoms with Gasteiger partial charge >= 0.3 is 0 Å². The highest BCUT2D eigenvalue weighted by atomic mass is 32.1. The van der Waals surface area contributed by atoms with Crippen LogP contribution in [0.25, 0.3) is 10.9 Å². The van der Waals surface area contributed by atoms with E-state index in [-0.39, 0.29) is 5.56 Å². The van der Waals surface area contributed by atoms with Gasteiger partial charge < -0.3 is 4.57 Å². The van der Waals surface area contributed by atoms with E-state index >= 15 is 0 Å². The lowest BCUT2D eigenvalue weighted by Crippen LogP contribution is -2.16. The molecule has 0 aliphatic carbocycles. The highest BCUT2D eigenvalue weighted by molar-refractivity contribution is 7.11. The molecular formula is C8H8N2OS. The van der Waals surface area contributed by atoms with Gasteiger partial charge in [-0.25, -0.2) is 4.98 Å². The van der Waals surface area contributed by atoms with E-state index in [9.17, 15) is 4.79 Å². The second-order valence-corrected chi connectivity index (χ2v) is 3.80. The average Bonchev–Trinajstić information content (AvgIpc) is 2.41. The van der Waals surface area contributed by atoms with Gasteiger partial charge in [0.15, 0.2) is 0 Å². The van der Waals surface area contributed by atoms with Crippen molar-refractivity contribution in [3.63, 3.8) is 0 Å². The zero-order valence-corrected chi connectivity index (χ0v) is 7.68. The van der Waals surface area contributed by atoms with Gasteiger partial charge in [0.25, 0.3) is 5.56 Å². The molecule has 0 spiro atoms. The summed E-state index contributed by atoms with van der Waals surface area (Å²) in [4.78, 5) is 16.7. The van der Waals surface area contributed by atoms with Gasteiger partial charge in [0.1, 0.15) is 0 Å². The predicted octanol–water partition coefficient (Wildman–Crippen LogP) is 1.30. The number of nitrogens with zero attached hydrogens (tertiary/aromatic N) is 2. The normalized spacial score (nSPS) is 10.8. The number of aromatic nitrogens is 2. The van der Waals surface area contributed by atoms with Crippen LogP contribution in [0.2, 0.25) is 0 Å². The third-order valence-electron chi connectivity index (χ3n) is 1.86. The third-order valence-corrected chi connectivity index (χ3v) is 2.76. The zero-order chi connectivity index (χ0) is 8.72. The van der Waals surface area contributed by atoms with Gasteiger partial charge in [0.2, 0.25) is 0 Å². The fraction of sp³-hybridized carbons (Fsp3) is 0.250. The molecule has 0 unspecified atom stereocenters. The van der Waals surface area contributed by atoms with Gasteiger partial charge in [0, 0.05) is 17.3 Å². The van der Waals surface area contributed by atoms with Crippen molar-refractivity contribution in [1.82, 2.24) is 9.55 Å². The van der Waals surface area contributed by atoms with Crippen molar-refractivity contribution in [3.05, 3.63) is 26.9 Å². The SMILES string of the molecule is Cc1scc2ncn(C)c(=O)c12. The second kappa shape index (κ2) is 2.42. The molecule has 0 saturated carbocycles. The number of fused-ring (bicyclic) bond motifs is 1. The largest absolute Gasteiger partial charge is 0.302 e. The van der Waals surface area contributed by atoms with Gasteiger partial charge in [-0.2, -0.15) is 0 Å². The second-order valence-electron chi connectivity index (χ2n) is 2.71. The summed E-state index contributed by atoms with van der Waals surface area (Å²) in [7, 11) is 1.71. The summed E-state index contributed by atoms with van der Waals surface area (Å²) in [6.45, 7) is 1.94. The van der Waals surface area contributed by atoms with Crippen LogP contribution in [0.3, 0.4) is 0 Å². The Hall–Kier alpha value is -1.16. The smallest absolute Gasteiger partial charge is 0.262 e. The van der Waals surface area contributed by atoms with Crippen LogP contribution in [0.1, 0.15) is 4.88 Å². The minimum atomic E-state index is 0.0405. The lowest BCUT2D eigenvalue weighted by atomic mass is 10.3. The van der Waals surface area contributed by atoms with Crippen molar-refractivity contribution in [2.24, 2.45) is 7.05 Å². The molecule has 4 heteroatoms. The molecule has 2 aromatic rings. The van der Waals surface area contributed by atoms with E-state index < -0.39 is 0 Å². The van der Waals surface area contributed by atoms with Crippen LogP contribution in [0.4, 0.5) is 0 Å². The molecule has 2 heterocycles. The minimum absolute atomic E-state index is 0.0405. The predicted molar refractivity (Wildman–Crippen MR) is 49.6 cm³/mol. The Morgan fingerprint density at radius 1 is 1.58 bits per heavy atom. The van der Waals surface area contributed by atoms with Crippen LogP contribution < -0.4 is 5.56 Å². The van der Waals surface area contributed by atoms with Gasteiger partial charge in [0.05, 0.1) is 17.2 Å². The van der Waals surface area contributed by atoms with Crippen molar-refractivity contribution in [1.29, 1.82) is 0 Å². The molecule has 0 N–H and O–H groups in total.